The molecule has 1 aromatic heterocycles. The molecule has 0 unspecified atom stereocenters. The summed E-state index contributed by atoms with van der Waals surface area (Å²) < 4.78 is 5.23. The van der Waals surface area contributed by atoms with E-state index in [0.29, 0.717) is 50.9 Å². The van der Waals surface area contributed by atoms with E-state index in [-0.39, 0.29) is 11.9 Å². The number of nitrogens with one attached hydrogen (secondary N) is 2. The molecule has 0 fully saturated rings. The van der Waals surface area contributed by atoms with Crippen molar-refractivity contribution in [3.8, 4) is 0 Å². The molecule has 7 nitrogen and oxygen atoms in total. The molecule has 0 spiro atoms. The third kappa shape index (κ3) is 5.75. The highest BCUT2D eigenvalue weighted by atomic mass is 35.5. The van der Waals surface area contributed by atoms with Crippen LogP contribution >= 0.6 is 23.2 Å². The molecule has 0 saturated carbocycles. The second kappa shape index (κ2) is 9.65. The largest absolute Gasteiger partial charge is 0.462 e. The molecule has 0 bridgehead atoms. The first-order valence-electron chi connectivity index (χ1n) is 9.19. The van der Waals surface area contributed by atoms with Gasteiger partial charge in [-0.1, -0.05) is 37.0 Å². The van der Waals surface area contributed by atoms with Gasteiger partial charge in [0, 0.05) is 21.4 Å². The molecule has 4 N–H and O–H groups in total. The lowest BCUT2D eigenvalue weighted by atomic mass is 10.2. The van der Waals surface area contributed by atoms with Gasteiger partial charge in [0.05, 0.1) is 12.2 Å². The second-order valence-electron chi connectivity index (χ2n) is 6.96. The van der Waals surface area contributed by atoms with Crippen molar-refractivity contribution in [1.29, 1.82) is 0 Å². The molecule has 0 aliphatic heterocycles. The minimum atomic E-state index is -0.358. The molecule has 0 radical (unpaired) electrons. The fourth-order valence-electron chi connectivity index (χ4n) is 2.51. The summed E-state index contributed by atoms with van der Waals surface area (Å²) in [5, 5.41) is 7.18. The number of carbonyl (C=O) groups excluding carboxylic acids is 1. The summed E-state index contributed by atoms with van der Waals surface area (Å²) in [4.78, 5) is 20.4. The SMILES string of the molecule is CC(C)COC(=O)c1ccc(Nc2ncnc(Nc3cc(Cl)cc(Cl)c3)c2N)cc1. The number of aromatic nitrogens is 2. The Morgan fingerprint density at radius 2 is 1.57 bits per heavy atom. The van der Waals surface area contributed by atoms with Gasteiger partial charge in [-0.25, -0.2) is 14.8 Å². The summed E-state index contributed by atoms with van der Waals surface area (Å²) in [5.41, 5.74) is 8.35. The number of benzene rings is 2. The number of rotatable bonds is 7. The Hall–Kier alpha value is -3.03. The van der Waals surface area contributed by atoms with E-state index in [1.54, 1.807) is 42.5 Å². The number of nitrogens with two attached hydrogens (primary N) is 1. The summed E-state index contributed by atoms with van der Waals surface area (Å²) in [6, 6.07) is 11.9. The van der Waals surface area contributed by atoms with Gasteiger partial charge in [-0.3, -0.25) is 0 Å². The van der Waals surface area contributed by atoms with E-state index < -0.39 is 0 Å². The molecular weight excluding hydrogens is 425 g/mol. The monoisotopic (exact) mass is 445 g/mol. The Morgan fingerprint density at radius 3 is 2.13 bits per heavy atom. The highest BCUT2D eigenvalue weighted by Crippen LogP contribution is 2.30. The Bertz CT molecular complexity index is 1020. The minimum Gasteiger partial charge on any atom is -0.462 e. The molecule has 2 aromatic carbocycles. The lowest BCUT2D eigenvalue weighted by Gasteiger charge is -2.13. The molecule has 156 valence electrons. The lowest BCUT2D eigenvalue weighted by molar-refractivity contribution is 0.0459. The number of carbonyl (C=O) groups is 1. The van der Waals surface area contributed by atoms with E-state index >= 15 is 0 Å². The van der Waals surface area contributed by atoms with Gasteiger partial charge in [-0.15, -0.1) is 0 Å². The zero-order chi connectivity index (χ0) is 21.7. The van der Waals surface area contributed by atoms with Gasteiger partial charge < -0.3 is 21.1 Å². The number of hydrogen-bond acceptors (Lipinski definition) is 7. The van der Waals surface area contributed by atoms with Gasteiger partial charge in [0.15, 0.2) is 11.6 Å². The van der Waals surface area contributed by atoms with Crippen LogP contribution in [0.15, 0.2) is 48.8 Å². The highest BCUT2D eigenvalue weighted by molar-refractivity contribution is 6.35. The average molecular weight is 446 g/mol. The standard InChI is InChI=1S/C21H21Cl2N5O2/c1-12(2)10-30-21(29)13-3-5-16(6-4-13)27-19-18(24)20(26-11-25-19)28-17-8-14(22)7-15(23)9-17/h3-9,11-12H,10,24H2,1-2H3,(H2,25,26,27,28). The third-order valence-electron chi connectivity index (χ3n) is 3.94. The number of esters is 1. The molecule has 0 saturated heterocycles. The normalized spacial score (nSPS) is 10.7. The fraction of sp³-hybridized carbons (Fsp3) is 0.190. The maximum atomic E-state index is 12.0. The topological polar surface area (TPSA) is 102 Å². The summed E-state index contributed by atoms with van der Waals surface area (Å²) >= 11 is 12.1. The Kier molecular flexibility index (Phi) is 6.97. The van der Waals surface area contributed by atoms with Crippen LogP contribution < -0.4 is 16.4 Å². The minimum absolute atomic E-state index is 0.279. The van der Waals surface area contributed by atoms with Gasteiger partial charge in [-0.2, -0.15) is 0 Å². The number of anilines is 5. The quantitative estimate of drug-likeness (QED) is 0.402. The maximum absolute atomic E-state index is 12.0. The predicted molar refractivity (Wildman–Crippen MR) is 121 cm³/mol. The summed E-state index contributed by atoms with van der Waals surface area (Å²) in [5.74, 6) is 0.736. The summed E-state index contributed by atoms with van der Waals surface area (Å²) in [6.07, 6.45) is 1.38. The van der Waals surface area contributed by atoms with Crippen molar-refractivity contribution in [2.75, 3.05) is 23.0 Å². The first kappa shape index (κ1) is 21.7. The fourth-order valence-corrected chi connectivity index (χ4v) is 3.04. The molecule has 0 atom stereocenters. The predicted octanol–water partition coefficient (Wildman–Crippen LogP) is 5.67. The molecule has 0 amide bonds. The molecule has 30 heavy (non-hydrogen) atoms. The van der Waals surface area contributed by atoms with Crippen LogP contribution in [0.25, 0.3) is 0 Å². The summed E-state index contributed by atoms with van der Waals surface area (Å²) in [7, 11) is 0. The van der Waals surface area contributed by atoms with Crippen molar-refractivity contribution < 1.29 is 9.53 Å². The molecule has 3 aromatic rings. The number of ether oxygens (including phenoxy) is 1. The van der Waals surface area contributed by atoms with Crippen LogP contribution in [0, 0.1) is 5.92 Å². The molecule has 0 aliphatic rings. The Labute approximate surface area is 184 Å². The molecular formula is C21H21Cl2N5O2. The van der Waals surface area contributed by atoms with Crippen molar-refractivity contribution >= 4 is 57.9 Å². The van der Waals surface area contributed by atoms with E-state index in [4.69, 9.17) is 33.7 Å². The highest BCUT2D eigenvalue weighted by Gasteiger charge is 2.11. The zero-order valence-corrected chi connectivity index (χ0v) is 18.0. The van der Waals surface area contributed by atoms with Gasteiger partial charge in [-0.05, 0) is 48.4 Å². The summed E-state index contributed by atoms with van der Waals surface area (Å²) in [6.45, 7) is 4.34. The van der Waals surface area contributed by atoms with Gasteiger partial charge >= 0.3 is 5.97 Å². The van der Waals surface area contributed by atoms with Crippen LogP contribution in [0.2, 0.25) is 10.0 Å². The number of halogens is 2. The Balaban J connectivity index is 1.72. The van der Waals surface area contributed by atoms with Crippen LogP contribution in [0.5, 0.6) is 0 Å². The lowest BCUT2D eigenvalue weighted by Crippen LogP contribution is -2.10. The first-order chi connectivity index (χ1) is 14.3. The first-order valence-corrected chi connectivity index (χ1v) is 9.95. The van der Waals surface area contributed by atoms with E-state index in [1.807, 2.05) is 13.8 Å². The van der Waals surface area contributed by atoms with Crippen molar-refractivity contribution in [2.24, 2.45) is 5.92 Å². The smallest absolute Gasteiger partial charge is 0.338 e. The van der Waals surface area contributed by atoms with E-state index in [9.17, 15) is 4.79 Å². The average Bonchev–Trinajstić information content (AvgIpc) is 2.69. The van der Waals surface area contributed by atoms with Crippen LogP contribution in [0.3, 0.4) is 0 Å². The molecule has 3 rings (SSSR count). The zero-order valence-electron chi connectivity index (χ0n) is 16.4. The molecule has 1 heterocycles. The number of nitrogen functional groups attached to an aromatic ring is 1. The molecule has 9 heteroatoms. The van der Waals surface area contributed by atoms with E-state index in [0.717, 1.165) is 0 Å². The maximum Gasteiger partial charge on any atom is 0.338 e. The van der Waals surface area contributed by atoms with Gasteiger partial charge in [0.25, 0.3) is 0 Å². The second-order valence-corrected chi connectivity index (χ2v) is 7.84. The van der Waals surface area contributed by atoms with Crippen LogP contribution in [-0.2, 0) is 4.74 Å². The van der Waals surface area contributed by atoms with Crippen LogP contribution in [0.4, 0.5) is 28.7 Å². The third-order valence-corrected chi connectivity index (χ3v) is 4.38. The van der Waals surface area contributed by atoms with Gasteiger partial charge in [0.1, 0.15) is 12.0 Å². The van der Waals surface area contributed by atoms with Crippen molar-refractivity contribution in [1.82, 2.24) is 9.97 Å². The molecule has 0 aliphatic carbocycles. The van der Waals surface area contributed by atoms with Crippen LogP contribution in [-0.4, -0.2) is 22.5 Å². The van der Waals surface area contributed by atoms with Crippen LogP contribution in [0.1, 0.15) is 24.2 Å². The van der Waals surface area contributed by atoms with Crippen molar-refractivity contribution in [2.45, 2.75) is 13.8 Å². The number of hydrogen-bond donors (Lipinski definition) is 3. The van der Waals surface area contributed by atoms with E-state index in [1.165, 1.54) is 6.33 Å². The van der Waals surface area contributed by atoms with Crippen molar-refractivity contribution in [3.63, 3.8) is 0 Å². The number of nitrogens with zero attached hydrogens (tertiary/aromatic N) is 2. The van der Waals surface area contributed by atoms with E-state index in [2.05, 4.69) is 20.6 Å². The Morgan fingerprint density at radius 1 is 1.00 bits per heavy atom. The van der Waals surface area contributed by atoms with Crippen molar-refractivity contribution in [3.05, 3.63) is 64.4 Å². The van der Waals surface area contributed by atoms with Gasteiger partial charge in [0.2, 0.25) is 0 Å².